The SMILES string of the molecule is C[C@@H](O)C[C@H](CNC(=O)C1CCCC1)c1ccccc1. The third-order valence-corrected chi connectivity index (χ3v) is 4.15. The second kappa shape index (κ2) is 7.44. The molecule has 0 aromatic heterocycles. The molecule has 20 heavy (non-hydrogen) atoms. The largest absolute Gasteiger partial charge is 0.393 e. The molecule has 0 unspecified atom stereocenters. The molecule has 1 aromatic rings. The lowest BCUT2D eigenvalue weighted by Crippen LogP contribution is -2.33. The average molecular weight is 275 g/mol. The molecular weight excluding hydrogens is 250 g/mol. The monoisotopic (exact) mass is 275 g/mol. The Bertz CT molecular complexity index is 410. The van der Waals surface area contributed by atoms with Crippen molar-refractivity contribution < 1.29 is 9.90 Å². The first-order chi connectivity index (χ1) is 9.66. The highest BCUT2D eigenvalue weighted by atomic mass is 16.3. The molecule has 2 rings (SSSR count). The molecule has 1 aliphatic rings. The normalized spacial score (nSPS) is 18.7. The van der Waals surface area contributed by atoms with Gasteiger partial charge in [-0.15, -0.1) is 0 Å². The first kappa shape index (κ1) is 15.0. The molecule has 0 spiro atoms. The Morgan fingerprint density at radius 2 is 1.95 bits per heavy atom. The predicted molar refractivity (Wildman–Crippen MR) is 80.4 cm³/mol. The summed E-state index contributed by atoms with van der Waals surface area (Å²) in [4.78, 5) is 12.1. The molecule has 0 aliphatic heterocycles. The fourth-order valence-electron chi connectivity index (χ4n) is 3.03. The zero-order chi connectivity index (χ0) is 14.4. The number of rotatable bonds is 6. The maximum absolute atomic E-state index is 12.1. The summed E-state index contributed by atoms with van der Waals surface area (Å²) in [7, 11) is 0. The summed E-state index contributed by atoms with van der Waals surface area (Å²) >= 11 is 0. The zero-order valence-electron chi connectivity index (χ0n) is 12.2. The van der Waals surface area contributed by atoms with E-state index < -0.39 is 0 Å². The van der Waals surface area contributed by atoms with Crippen molar-refractivity contribution in [3.05, 3.63) is 35.9 Å². The van der Waals surface area contributed by atoms with Gasteiger partial charge in [0.1, 0.15) is 0 Å². The van der Waals surface area contributed by atoms with Crippen molar-refractivity contribution in [3.8, 4) is 0 Å². The van der Waals surface area contributed by atoms with E-state index in [0.29, 0.717) is 13.0 Å². The molecule has 1 aliphatic carbocycles. The molecule has 2 N–H and O–H groups in total. The average Bonchev–Trinajstić information content (AvgIpc) is 2.98. The molecule has 2 atom stereocenters. The lowest BCUT2D eigenvalue weighted by molar-refractivity contribution is -0.124. The molecule has 1 fully saturated rings. The second-order valence-electron chi connectivity index (χ2n) is 5.92. The highest BCUT2D eigenvalue weighted by molar-refractivity contribution is 5.78. The summed E-state index contributed by atoms with van der Waals surface area (Å²) in [6.45, 7) is 2.42. The molecule has 0 bridgehead atoms. The van der Waals surface area contributed by atoms with E-state index in [4.69, 9.17) is 0 Å². The number of carbonyl (C=O) groups excluding carboxylic acids is 1. The van der Waals surface area contributed by atoms with Crippen molar-refractivity contribution in [3.63, 3.8) is 0 Å². The maximum Gasteiger partial charge on any atom is 0.223 e. The zero-order valence-corrected chi connectivity index (χ0v) is 12.2. The van der Waals surface area contributed by atoms with Gasteiger partial charge in [-0.25, -0.2) is 0 Å². The number of aliphatic hydroxyl groups excluding tert-OH is 1. The summed E-state index contributed by atoms with van der Waals surface area (Å²) in [5.74, 6) is 0.577. The second-order valence-corrected chi connectivity index (χ2v) is 5.92. The van der Waals surface area contributed by atoms with Crippen LogP contribution in [0.2, 0.25) is 0 Å². The van der Waals surface area contributed by atoms with Crippen LogP contribution in [0.25, 0.3) is 0 Å². The number of amides is 1. The van der Waals surface area contributed by atoms with Gasteiger partial charge in [0.15, 0.2) is 0 Å². The van der Waals surface area contributed by atoms with Gasteiger partial charge in [-0.3, -0.25) is 4.79 Å². The Labute approximate surface area is 121 Å². The Balaban J connectivity index is 1.92. The molecule has 1 amide bonds. The van der Waals surface area contributed by atoms with Crippen LogP contribution < -0.4 is 5.32 Å². The molecule has 3 nitrogen and oxygen atoms in total. The quantitative estimate of drug-likeness (QED) is 0.838. The minimum atomic E-state index is -0.358. The van der Waals surface area contributed by atoms with Crippen molar-refractivity contribution in [2.24, 2.45) is 5.92 Å². The van der Waals surface area contributed by atoms with E-state index in [-0.39, 0.29) is 23.8 Å². The van der Waals surface area contributed by atoms with Crippen LogP contribution in [0, 0.1) is 5.92 Å². The predicted octanol–water partition coefficient (Wildman–Crippen LogP) is 2.85. The Kier molecular flexibility index (Phi) is 5.60. The maximum atomic E-state index is 12.1. The Morgan fingerprint density at radius 1 is 1.30 bits per heavy atom. The van der Waals surface area contributed by atoms with Crippen LogP contribution in [-0.2, 0) is 4.79 Å². The van der Waals surface area contributed by atoms with E-state index >= 15 is 0 Å². The van der Waals surface area contributed by atoms with E-state index in [1.807, 2.05) is 18.2 Å². The molecule has 0 heterocycles. The fourth-order valence-corrected chi connectivity index (χ4v) is 3.03. The molecule has 0 radical (unpaired) electrons. The number of nitrogens with one attached hydrogen (secondary N) is 1. The fraction of sp³-hybridized carbons (Fsp3) is 0.588. The van der Waals surface area contributed by atoms with Gasteiger partial charge in [0, 0.05) is 18.4 Å². The van der Waals surface area contributed by atoms with E-state index in [1.165, 1.54) is 18.4 Å². The molecule has 1 aromatic carbocycles. The van der Waals surface area contributed by atoms with Crippen LogP contribution in [0.15, 0.2) is 30.3 Å². The lowest BCUT2D eigenvalue weighted by Gasteiger charge is -2.20. The number of hydrogen-bond acceptors (Lipinski definition) is 2. The van der Waals surface area contributed by atoms with Gasteiger partial charge in [0.2, 0.25) is 5.91 Å². The number of aliphatic hydroxyl groups is 1. The van der Waals surface area contributed by atoms with Crippen LogP contribution in [-0.4, -0.2) is 23.7 Å². The molecule has 0 saturated heterocycles. The summed E-state index contributed by atoms with van der Waals surface area (Å²) in [5.41, 5.74) is 1.18. The third-order valence-electron chi connectivity index (χ3n) is 4.15. The van der Waals surface area contributed by atoms with Crippen LogP contribution in [0.1, 0.15) is 50.5 Å². The first-order valence-corrected chi connectivity index (χ1v) is 7.67. The highest BCUT2D eigenvalue weighted by Gasteiger charge is 2.23. The van der Waals surface area contributed by atoms with E-state index in [0.717, 1.165) is 12.8 Å². The van der Waals surface area contributed by atoms with Crippen LogP contribution >= 0.6 is 0 Å². The summed E-state index contributed by atoms with van der Waals surface area (Å²) < 4.78 is 0. The topological polar surface area (TPSA) is 49.3 Å². The number of carbonyl (C=O) groups is 1. The smallest absolute Gasteiger partial charge is 0.223 e. The van der Waals surface area contributed by atoms with Gasteiger partial charge in [-0.1, -0.05) is 43.2 Å². The standard InChI is InChI=1S/C17H25NO2/c1-13(19)11-16(14-7-3-2-4-8-14)12-18-17(20)15-9-5-6-10-15/h2-4,7-8,13,15-16,19H,5-6,9-12H2,1H3,(H,18,20)/t13-,16-/m1/s1. The van der Waals surface area contributed by atoms with Crippen molar-refractivity contribution in [1.29, 1.82) is 0 Å². The van der Waals surface area contributed by atoms with Crippen LogP contribution in [0.5, 0.6) is 0 Å². The molecule has 1 saturated carbocycles. The van der Waals surface area contributed by atoms with Gasteiger partial charge in [0.25, 0.3) is 0 Å². The van der Waals surface area contributed by atoms with Crippen molar-refractivity contribution in [2.75, 3.05) is 6.54 Å². The number of hydrogen-bond donors (Lipinski definition) is 2. The number of benzene rings is 1. The molecule has 110 valence electrons. The molecular formula is C17H25NO2. The van der Waals surface area contributed by atoms with Gasteiger partial charge in [-0.2, -0.15) is 0 Å². The van der Waals surface area contributed by atoms with Crippen molar-refractivity contribution in [2.45, 2.75) is 51.0 Å². The van der Waals surface area contributed by atoms with Crippen LogP contribution in [0.4, 0.5) is 0 Å². The summed E-state index contributed by atoms with van der Waals surface area (Å²) in [6.07, 6.45) is 4.72. The first-order valence-electron chi connectivity index (χ1n) is 7.67. The van der Waals surface area contributed by atoms with Gasteiger partial charge in [-0.05, 0) is 31.7 Å². The van der Waals surface area contributed by atoms with Gasteiger partial charge in [0.05, 0.1) is 6.10 Å². The van der Waals surface area contributed by atoms with Crippen molar-refractivity contribution in [1.82, 2.24) is 5.32 Å². The lowest BCUT2D eigenvalue weighted by atomic mass is 9.93. The minimum absolute atomic E-state index is 0.182. The Morgan fingerprint density at radius 3 is 2.55 bits per heavy atom. The van der Waals surface area contributed by atoms with E-state index in [1.54, 1.807) is 6.92 Å². The Hall–Kier alpha value is -1.35. The summed E-state index contributed by atoms with van der Waals surface area (Å²) in [6, 6.07) is 10.1. The summed E-state index contributed by atoms with van der Waals surface area (Å²) in [5, 5.41) is 12.7. The van der Waals surface area contributed by atoms with E-state index in [2.05, 4.69) is 17.4 Å². The van der Waals surface area contributed by atoms with Gasteiger partial charge >= 0.3 is 0 Å². The third kappa shape index (κ3) is 4.34. The van der Waals surface area contributed by atoms with Gasteiger partial charge < -0.3 is 10.4 Å². The van der Waals surface area contributed by atoms with Crippen LogP contribution in [0.3, 0.4) is 0 Å². The molecule has 3 heteroatoms. The van der Waals surface area contributed by atoms with E-state index in [9.17, 15) is 9.90 Å². The minimum Gasteiger partial charge on any atom is -0.393 e. The highest BCUT2D eigenvalue weighted by Crippen LogP contribution is 2.25. The van der Waals surface area contributed by atoms with Crippen molar-refractivity contribution >= 4 is 5.91 Å².